The third-order valence-corrected chi connectivity index (χ3v) is 7.38. The number of hydrogen-bond acceptors (Lipinski definition) is 4. The van der Waals surface area contributed by atoms with Crippen LogP contribution in [0.15, 0.2) is 76.7 Å². The fraction of sp³-hybridized carbons (Fsp3) is 0.0476. The van der Waals surface area contributed by atoms with E-state index in [1.165, 1.54) is 36.5 Å². The van der Waals surface area contributed by atoms with Crippen LogP contribution in [0.3, 0.4) is 0 Å². The van der Waals surface area contributed by atoms with Gasteiger partial charge in [0.2, 0.25) is 0 Å². The highest BCUT2D eigenvalue weighted by molar-refractivity contribution is 7.92. The molecule has 0 saturated heterocycles. The van der Waals surface area contributed by atoms with Crippen LogP contribution >= 0.6 is 46.4 Å². The molecule has 0 bridgehead atoms. The molecule has 0 aliphatic rings. The summed E-state index contributed by atoms with van der Waals surface area (Å²) >= 11 is 24.2. The van der Waals surface area contributed by atoms with Crippen LogP contribution in [-0.2, 0) is 14.8 Å². The molecule has 3 rings (SSSR count). The highest BCUT2D eigenvalue weighted by Crippen LogP contribution is 2.30. The SMILES string of the molecule is O=C(CN(c1ccc(Cl)c(Cl)c1)S(=O)(=O)c1ccccc1)N/N=C/c1c(Cl)cccc1Cl. The summed E-state index contributed by atoms with van der Waals surface area (Å²) in [6, 6.07) is 16.9. The molecule has 11 heteroatoms. The topological polar surface area (TPSA) is 78.8 Å². The molecule has 3 aromatic carbocycles. The minimum absolute atomic E-state index is 0.00484. The number of sulfonamides is 1. The predicted octanol–water partition coefficient (Wildman–Crippen LogP) is 5.65. The Morgan fingerprint density at radius 1 is 0.875 bits per heavy atom. The van der Waals surface area contributed by atoms with Gasteiger partial charge in [0.15, 0.2) is 0 Å². The van der Waals surface area contributed by atoms with Gasteiger partial charge in [-0.3, -0.25) is 9.10 Å². The Bertz CT molecular complexity index is 1250. The first-order valence-electron chi connectivity index (χ1n) is 8.99. The zero-order valence-corrected chi connectivity index (χ0v) is 20.0. The largest absolute Gasteiger partial charge is 0.271 e. The summed E-state index contributed by atoms with van der Waals surface area (Å²) in [6.07, 6.45) is 1.28. The number of benzene rings is 3. The minimum atomic E-state index is -4.09. The lowest BCUT2D eigenvalue weighted by atomic mass is 10.2. The Morgan fingerprint density at radius 2 is 1.53 bits per heavy atom. The van der Waals surface area contributed by atoms with Crippen molar-refractivity contribution >= 4 is 74.2 Å². The fourth-order valence-corrected chi connectivity index (χ4v) is 4.86. The predicted molar refractivity (Wildman–Crippen MR) is 130 cm³/mol. The van der Waals surface area contributed by atoms with Crippen molar-refractivity contribution in [2.24, 2.45) is 5.10 Å². The van der Waals surface area contributed by atoms with Crippen molar-refractivity contribution in [3.63, 3.8) is 0 Å². The van der Waals surface area contributed by atoms with Gasteiger partial charge < -0.3 is 0 Å². The minimum Gasteiger partial charge on any atom is -0.271 e. The van der Waals surface area contributed by atoms with Gasteiger partial charge in [-0.15, -0.1) is 0 Å². The molecule has 0 spiro atoms. The normalized spacial score (nSPS) is 11.5. The van der Waals surface area contributed by atoms with E-state index in [1.54, 1.807) is 36.4 Å². The fourth-order valence-electron chi connectivity index (χ4n) is 2.64. The standard InChI is InChI=1S/C21H15Cl4N3O3S/c22-17-7-4-8-18(23)16(17)12-26-27-21(29)13-28(14-9-10-19(24)20(25)11-14)32(30,31)15-5-2-1-3-6-15/h1-12H,13H2,(H,27,29)/b26-12+. The Kier molecular flexibility index (Phi) is 8.03. The second-order valence-corrected chi connectivity index (χ2v) is 9.84. The molecule has 1 N–H and O–H groups in total. The lowest BCUT2D eigenvalue weighted by molar-refractivity contribution is -0.119. The van der Waals surface area contributed by atoms with Crippen LogP contribution < -0.4 is 9.73 Å². The van der Waals surface area contributed by atoms with E-state index in [9.17, 15) is 13.2 Å². The molecule has 0 fully saturated rings. The molecule has 32 heavy (non-hydrogen) atoms. The van der Waals surface area contributed by atoms with E-state index in [-0.39, 0.29) is 20.6 Å². The van der Waals surface area contributed by atoms with Gasteiger partial charge in [-0.2, -0.15) is 5.10 Å². The Hall–Kier alpha value is -2.29. The van der Waals surface area contributed by atoms with Crippen LogP contribution in [0.1, 0.15) is 5.56 Å². The third kappa shape index (κ3) is 5.74. The number of rotatable bonds is 7. The molecular formula is C21H15Cl4N3O3S. The number of anilines is 1. The number of hydrogen-bond donors (Lipinski definition) is 1. The maximum Gasteiger partial charge on any atom is 0.264 e. The van der Waals surface area contributed by atoms with Crippen molar-refractivity contribution in [1.82, 2.24) is 5.43 Å². The highest BCUT2D eigenvalue weighted by atomic mass is 35.5. The molecular weight excluding hydrogens is 516 g/mol. The van der Waals surface area contributed by atoms with Gasteiger partial charge in [-0.1, -0.05) is 70.7 Å². The van der Waals surface area contributed by atoms with Crippen molar-refractivity contribution in [3.8, 4) is 0 Å². The first kappa shape index (κ1) is 24.4. The van der Waals surface area contributed by atoms with Gasteiger partial charge in [0.1, 0.15) is 6.54 Å². The van der Waals surface area contributed by atoms with E-state index in [2.05, 4.69) is 10.5 Å². The zero-order chi connectivity index (χ0) is 23.3. The van der Waals surface area contributed by atoms with Crippen molar-refractivity contribution in [1.29, 1.82) is 0 Å². The van der Waals surface area contributed by atoms with Crippen molar-refractivity contribution in [2.75, 3.05) is 10.8 Å². The maximum atomic E-state index is 13.2. The molecule has 0 aliphatic heterocycles. The maximum absolute atomic E-state index is 13.2. The van der Waals surface area contributed by atoms with E-state index in [0.29, 0.717) is 15.6 Å². The average Bonchev–Trinajstić information content (AvgIpc) is 2.76. The summed E-state index contributed by atoms with van der Waals surface area (Å²) in [6.45, 7) is -0.567. The first-order chi connectivity index (χ1) is 15.2. The summed E-state index contributed by atoms with van der Waals surface area (Å²) in [5, 5.41) is 4.92. The number of halogens is 4. The average molecular weight is 531 g/mol. The molecule has 166 valence electrons. The number of amides is 1. The van der Waals surface area contributed by atoms with E-state index in [0.717, 1.165) is 4.31 Å². The molecule has 3 aromatic rings. The van der Waals surface area contributed by atoms with Crippen LogP contribution in [0.5, 0.6) is 0 Å². The van der Waals surface area contributed by atoms with Gasteiger partial charge in [0.05, 0.1) is 36.9 Å². The van der Waals surface area contributed by atoms with Gasteiger partial charge >= 0.3 is 0 Å². The summed E-state index contributed by atoms with van der Waals surface area (Å²) in [5.41, 5.74) is 2.86. The smallest absolute Gasteiger partial charge is 0.264 e. The van der Waals surface area contributed by atoms with Crippen molar-refractivity contribution in [3.05, 3.63) is 92.4 Å². The van der Waals surface area contributed by atoms with Crippen LogP contribution in [0.2, 0.25) is 20.1 Å². The molecule has 0 radical (unpaired) electrons. The quantitative estimate of drug-likeness (QED) is 0.317. The molecule has 0 atom stereocenters. The molecule has 0 aromatic heterocycles. The first-order valence-corrected chi connectivity index (χ1v) is 11.9. The van der Waals surface area contributed by atoms with Crippen molar-refractivity contribution in [2.45, 2.75) is 4.90 Å². The number of nitrogens with zero attached hydrogens (tertiary/aromatic N) is 2. The molecule has 0 aliphatic carbocycles. The monoisotopic (exact) mass is 529 g/mol. The van der Waals surface area contributed by atoms with E-state index in [4.69, 9.17) is 46.4 Å². The van der Waals surface area contributed by atoms with Crippen LogP contribution in [0.4, 0.5) is 5.69 Å². The number of carbonyl (C=O) groups is 1. The molecule has 0 unspecified atom stereocenters. The second-order valence-electron chi connectivity index (χ2n) is 6.35. The Labute approximate surface area is 205 Å². The lowest BCUT2D eigenvalue weighted by Crippen LogP contribution is -2.39. The summed E-state index contributed by atoms with van der Waals surface area (Å²) < 4.78 is 27.4. The van der Waals surface area contributed by atoms with E-state index in [1.807, 2.05) is 0 Å². The van der Waals surface area contributed by atoms with Crippen molar-refractivity contribution < 1.29 is 13.2 Å². The molecule has 1 amide bonds. The number of carbonyl (C=O) groups excluding carboxylic acids is 1. The van der Waals surface area contributed by atoms with Crippen LogP contribution in [-0.4, -0.2) is 27.1 Å². The zero-order valence-electron chi connectivity index (χ0n) is 16.2. The van der Waals surface area contributed by atoms with Gasteiger partial charge in [-0.05, 0) is 42.5 Å². The van der Waals surface area contributed by atoms with Gasteiger partial charge in [0.25, 0.3) is 15.9 Å². The molecule has 0 heterocycles. The van der Waals surface area contributed by atoms with Gasteiger partial charge in [-0.25, -0.2) is 13.8 Å². The Balaban J connectivity index is 1.88. The number of nitrogens with one attached hydrogen (secondary N) is 1. The second kappa shape index (κ2) is 10.6. The Morgan fingerprint density at radius 3 is 2.16 bits per heavy atom. The number of hydrazone groups is 1. The lowest BCUT2D eigenvalue weighted by Gasteiger charge is -2.24. The highest BCUT2D eigenvalue weighted by Gasteiger charge is 2.27. The molecule has 6 nitrogen and oxygen atoms in total. The summed E-state index contributed by atoms with van der Waals surface area (Å²) in [5.74, 6) is -0.699. The van der Waals surface area contributed by atoms with E-state index >= 15 is 0 Å². The van der Waals surface area contributed by atoms with Gasteiger partial charge in [0, 0.05) is 5.56 Å². The third-order valence-electron chi connectivity index (χ3n) is 4.19. The van der Waals surface area contributed by atoms with Crippen LogP contribution in [0.25, 0.3) is 0 Å². The van der Waals surface area contributed by atoms with E-state index < -0.39 is 22.5 Å². The summed E-state index contributed by atoms with van der Waals surface area (Å²) in [7, 11) is -4.09. The molecule has 0 saturated carbocycles. The van der Waals surface area contributed by atoms with Crippen LogP contribution in [0, 0.1) is 0 Å². The summed E-state index contributed by atoms with van der Waals surface area (Å²) in [4.78, 5) is 12.6.